The van der Waals surface area contributed by atoms with Gasteiger partial charge < -0.3 is 9.73 Å². The first-order chi connectivity index (χ1) is 16.0. The number of halogens is 1. The number of amides is 1. The summed E-state index contributed by atoms with van der Waals surface area (Å²) < 4.78 is 22.4. The number of thioether (sulfide) groups is 1. The van der Waals surface area contributed by atoms with Crippen molar-refractivity contribution in [3.05, 3.63) is 70.4 Å². The van der Waals surface area contributed by atoms with Crippen molar-refractivity contribution in [2.75, 3.05) is 5.32 Å². The second-order valence-electron chi connectivity index (χ2n) is 7.04. The van der Waals surface area contributed by atoms with E-state index in [1.54, 1.807) is 6.92 Å². The monoisotopic (exact) mass is 481 g/mol. The minimum atomic E-state index is -0.517. The van der Waals surface area contributed by atoms with E-state index in [9.17, 15) is 9.18 Å². The number of aromatic nitrogens is 6. The smallest absolute Gasteiger partial charge is 0.291 e. The lowest BCUT2D eigenvalue weighted by Crippen LogP contribution is -2.13. The van der Waals surface area contributed by atoms with Crippen LogP contribution in [-0.4, -0.2) is 36.3 Å². The molecule has 0 bridgehead atoms. The number of benzene rings is 2. The molecule has 33 heavy (non-hydrogen) atoms. The third-order valence-electron chi connectivity index (χ3n) is 4.81. The Morgan fingerprint density at radius 1 is 1.18 bits per heavy atom. The molecule has 166 valence electrons. The Labute approximate surface area is 195 Å². The van der Waals surface area contributed by atoms with Gasteiger partial charge in [0.2, 0.25) is 0 Å². The molecule has 0 atom stereocenters. The first-order valence-electron chi connectivity index (χ1n) is 9.79. The third-order valence-corrected chi connectivity index (χ3v) is 6.81. The van der Waals surface area contributed by atoms with E-state index in [4.69, 9.17) is 4.42 Å². The average molecular weight is 482 g/mol. The highest BCUT2D eigenvalue weighted by Gasteiger charge is 2.22. The highest BCUT2D eigenvalue weighted by atomic mass is 32.2. The van der Waals surface area contributed by atoms with Crippen molar-refractivity contribution in [3.8, 4) is 5.69 Å². The molecule has 12 heteroatoms. The molecule has 3 aromatic heterocycles. The van der Waals surface area contributed by atoms with Crippen molar-refractivity contribution in [3.63, 3.8) is 0 Å². The van der Waals surface area contributed by atoms with E-state index >= 15 is 0 Å². The van der Waals surface area contributed by atoms with Gasteiger partial charge in [-0.25, -0.2) is 4.39 Å². The summed E-state index contributed by atoms with van der Waals surface area (Å²) in [6.07, 6.45) is 0. The zero-order valence-corrected chi connectivity index (χ0v) is 19.1. The SMILES string of the molecule is Cc1nnc(SCc2c(C(=O)Nc3ccc(F)c(-n4nnnc4C)c3)oc3ccccc23)s1. The quantitative estimate of drug-likeness (QED) is 0.351. The summed E-state index contributed by atoms with van der Waals surface area (Å²) in [4.78, 5) is 13.2. The van der Waals surface area contributed by atoms with Gasteiger partial charge in [-0.2, -0.15) is 4.68 Å². The van der Waals surface area contributed by atoms with Crippen LogP contribution in [0, 0.1) is 19.7 Å². The van der Waals surface area contributed by atoms with Gasteiger partial charge in [-0.1, -0.05) is 41.3 Å². The summed E-state index contributed by atoms with van der Waals surface area (Å²) in [6.45, 7) is 3.55. The Morgan fingerprint density at radius 2 is 2.03 bits per heavy atom. The number of nitrogens with one attached hydrogen (secondary N) is 1. The van der Waals surface area contributed by atoms with Crippen molar-refractivity contribution < 1.29 is 13.6 Å². The van der Waals surface area contributed by atoms with Gasteiger partial charge in [0.05, 0.1) is 0 Å². The molecule has 5 rings (SSSR count). The molecule has 0 unspecified atom stereocenters. The molecule has 9 nitrogen and oxygen atoms in total. The van der Waals surface area contributed by atoms with Crippen LogP contribution in [0.25, 0.3) is 16.7 Å². The van der Waals surface area contributed by atoms with Crippen LogP contribution in [0.15, 0.2) is 51.2 Å². The molecule has 0 saturated carbocycles. The summed E-state index contributed by atoms with van der Waals surface area (Å²) in [7, 11) is 0. The van der Waals surface area contributed by atoms with Crippen LogP contribution in [0.1, 0.15) is 27.0 Å². The van der Waals surface area contributed by atoms with Gasteiger partial charge in [-0.15, -0.1) is 15.3 Å². The predicted molar refractivity (Wildman–Crippen MR) is 122 cm³/mol. The molecule has 1 amide bonds. The van der Waals surface area contributed by atoms with Gasteiger partial charge in [0.25, 0.3) is 5.91 Å². The molecular weight excluding hydrogens is 465 g/mol. The third kappa shape index (κ3) is 4.22. The molecule has 0 aliphatic carbocycles. The number of rotatable bonds is 6. The second-order valence-corrected chi connectivity index (χ2v) is 9.44. The van der Waals surface area contributed by atoms with Crippen LogP contribution < -0.4 is 5.32 Å². The Morgan fingerprint density at radius 3 is 2.79 bits per heavy atom. The van der Waals surface area contributed by atoms with Crippen LogP contribution in [0.3, 0.4) is 0 Å². The van der Waals surface area contributed by atoms with Crippen molar-refractivity contribution in [1.82, 2.24) is 30.4 Å². The van der Waals surface area contributed by atoms with E-state index in [0.717, 1.165) is 20.3 Å². The van der Waals surface area contributed by atoms with E-state index in [1.807, 2.05) is 31.2 Å². The van der Waals surface area contributed by atoms with Gasteiger partial charge in [0.15, 0.2) is 15.9 Å². The lowest BCUT2D eigenvalue weighted by Gasteiger charge is -2.09. The van der Waals surface area contributed by atoms with Crippen LogP contribution in [0.4, 0.5) is 10.1 Å². The van der Waals surface area contributed by atoms with Crippen LogP contribution >= 0.6 is 23.1 Å². The number of carbonyl (C=O) groups excluding carboxylic acids is 1. The lowest BCUT2D eigenvalue weighted by atomic mass is 10.1. The predicted octanol–water partition coefficient (Wildman–Crippen LogP) is 4.56. The number of anilines is 1. The maximum Gasteiger partial charge on any atom is 0.291 e. The first-order valence-corrected chi connectivity index (χ1v) is 11.6. The number of tetrazole rings is 1. The maximum atomic E-state index is 14.4. The molecule has 0 spiro atoms. The number of furan rings is 1. The maximum absolute atomic E-state index is 14.4. The summed E-state index contributed by atoms with van der Waals surface area (Å²) in [5.41, 5.74) is 1.86. The lowest BCUT2D eigenvalue weighted by molar-refractivity contribution is 0.0998. The zero-order chi connectivity index (χ0) is 22.9. The summed E-state index contributed by atoms with van der Waals surface area (Å²) >= 11 is 2.98. The van der Waals surface area contributed by atoms with E-state index < -0.39 is 11.7 Å². The molecule has 3 heterocycles. The average Bonchev–Trinajstić information content (AvgIpc) is 3.52. The molecule has 0 radical (unpaired) electrons. The molecule has 0 saturated heterocycles. The summed E-state index contributed by atoms with van der Waals surface area (Å²) in [6, 6.07) is 11.6. The van der Waals surface area contributed by atoms with Gasteiger partial charge in [-0.3, -0.25) is 4.79 Å². The topological polar surface area (TPSA) is 112 Å². The molecule has 0 aliphatic heterocycles. The van der Waals surface area contributed by atoms with Crippen molar-refractivity contribution in [2.45, 2.75) is 23.9 Å². The number of aryl methyl sites for hydroxylation is 2. The number of para-hydroxylation sites is 1. The van der Waals surface area contributed by atoms with Crippen LogP contribution in [-0.2, 0) is 5.75 Å². The molecule has 1 N–H and O–H groups in total. The van der Waals surface area contributed by atoms with E-state index in [2.05, 4.69) is 31.0 Å². The zero-order valence-electron chi connectivity index (χ0n) is 17.4. The van der Waals surface area contributed by atoms with Crippen molar-refractivity contribution in [2.24, 2.45) is 0 Å². The molecular formula is C21H16FN7O2S2. The van der Waals surface area contributed by atoms with E-state index in [0.29, 0.717) is 22.8 Å². The normalized spacial score (nSPS) is 11.2. The van der Waals surface area contributed by atoms with Gasteiger partial charge in [-0.05, 0) is 48.5 Å². The minimum Gasteiger partial charge on any atom is -0.451 e. The fourth-order valence-electron chi connectivity index (χ4n) is 3.29. The van der Waals surface area contributed by atoms with Crippen LogP contribution in [0.5, 0.6) is 0 Å². The number of carbonyl (C=O) groups is 1. The van der Waals surface area contributed by atoms with Gasteiger partial charge in [0.1, 0.15) is 22.1 Å². The van der Waals surface area contributed by atoms with E-state index in [-0.39, 0.29) is 11.4 Å². The fourth-order valence-corrected chi connectivity index (χ4v) is 5.13. The van der Waals surface area contributed by atoms with Crippen molar-refractivity contribution in [1.29, 1.82) is 0 Å². The second kappa shape index (κ2) is 8.71. The highest BCUT2D eigenvalue weighted by Crippen LogP contribution is 2.33. The number of nitrogens with zero attached hydrogens (tertiary/aromatic N) is 6. The Kier molecular flexibility index (Phi) is 5.60. The Balaban J connectivity index is 1.46. The first kappa shape index (κ1) is 21.2. The number of hydrogen-bond donors (Lipinski definition) is 1. The molecule has 0 fully saturated rings. The van der Waals surface area contributed by atoms with Gasteiger partial charge in [0, 0.05) is 22.4 Å². The van der Waals surface area contributed by atoms with E-state index in [1.165, 1.54) is 46.0 Å². The standard InChI is InChI=1S/C21H16FN7O2S2/c1-11-24-27-28-29(11)17-9-13(7-8-16(17)22)23-20(30)19-15(10-32-21-26-25-12(2)33-21)14-5-3-4-6-18(14)31-19/h3-9H,10H2,1-2H3,(H,23,30). The number of hydrogen-bond acceptors (Lipinski definition) is 9. The Bertz CT molecular complexity index is 1480. The molecule has 2 aromatic carbocycles. The van der Waals surface area contributed by atoms with Crippen molar-refractivity contribution >= 4 is 45.7 Å². The summed E-state index contributed by atoms with van der Waals surface area (Å²) in [5, 5.41) is 23.8. The molecule has 0 aliphatic rings. The van der Waals surface area contributed by atoms with Gasteiger partial charge >= 0.3 is 0 Å². The largest absolute Gasteiger partial charge is 0.451 e. The number of fused-ring (bicyclic) bond motifs is 1. The highest BCUT2D eigenvalue weighted by molar-refractivity contribution is 8.00. The fraction of sp³-hybridized carbons (Fsp3) is 0.143. The Hall–Kier alpha value is -3.64. The minimum absolute atomic E-state index is 0.127. The summed E-state index contributed by atoms with van der Waals surface area (Å²) in [5.74, 6) is 0.125. The molecule has 5 aromatic rings. The van der Waals surface area contributed by atoms with Crippen LogP contribution in [0.2, 0.25) is 0 Å².